The van der Waals surface area contributed by atoms with Crippen molar-refractivity contribution in [1.29, 1.82) is 0 Å². The Labute approximate surface area is 148 Å². The molecular weight excluding hydrogens is 320 g/mol. The number of hydrogen-bond acceptors (Lipinski definition) is 3. The van der Waals surface area contributed by atoms with Gasteiger partial charge in [0.15, 0.2) is 0 Å². The van der Waals surface area contributed by atoms with Gasteiger partial charge in [-0.05, 0) is 30.0 Å². The number of carbonyl (C=O) groups is 3. The summed E-state index contributed by atoms with van der Waals surface area (Å²) >= 11 is 0. The number of nitrogens with zero attached hydrogens (tertiary/aromatic N) is 1. The molecule has 0 saturated carbocycles. The quantitative estimate of drug-likeness (QED) is 0.702. The molecule has 1 heterocycles. The third-order valence-corrected chi connectivity index (χ3v) is 3.85. The molecule has 25 heavy (non-hydrogen) atoms. The first-order chi connectivity index (χ1) is 11.9. The van der Waals surface area contributed by atoms with Crippen LogP contribution in [-0.4, -0.2) is 42.4 Å². The fourth-order valence-electron chi connectivity index (χ4n) is 2.56. The van der Waals surface area contributed by atoms with E-state index in [-0.39, 0.29) is 18.4 Å². The van der Waals surface area contributed by atoms with E-state index in [1.165, 1.54) is 0 Å². The lowest BCUT2D eigenvalue weighted by Crippen LogP contribution is -2.40. The molecule has 0 spiro atoms. The fourth-order valence-corrected chi connectivity index (χ4v) is 2.56. The standard InChI is InChI=1S/C18H26N4O3/c1-13(2)10-19-16(23)11-20-18(25)21-15-6-3-5-14(9-15)12-22-8-4-7-17(22)24/h3,5-6,9,13H,4,7-8,10-12H2,1-2H3,(H,19,23)(H2,20,21,25). The topological polar surface area (TPSA) is 90.5 Å². The summed E-state index contributed by atoms with van der Waals surface area (Å²) in [5, 5.41) is 7.97. The van der Waals surface area contributed by atoms with E-state index in [0.717, 1.165) is 18.5 Å². The minimum absolute atomic E-state index is 0.0689. The highest BCUT2D eigenvalue weighted by atomic mass is 16.2. The van der Waals surface area contributed by atoms with Crippen molar-refractivity contribution < 1.29 is 14.4 Å². The molecule has 136 valence electrons. The predicted octanol–water partition coefficient (Wildman–Crippen LogP) is 1.70. The highest BCUT2D eigenvalue weighted by Crippen LogP contribution is 2.17. The molecule has 0 bridgehead atoms. The summed E-state index contributed by atoms with van der Waals surface area (Å²) in [6.45, 7) is 5.85. The molecule has 7 nitrogen and oxygen atoms in total. The first-order valence-corrected chi connectivity index (χ1v) is 8.62. The molecule has 1 aromatic carbocycles. The summed E-state index contributed by atoms with van der Waals surface area (Å²) in [7, 11) is 0. The van der Waals surface area contributed by atoms with Crippen LogP contribution >= 0.6 is 0 Å². The van der Waals surface area contributed by atoms with Crippen LogP contribution in [0.3, 0.4) is 0 Å². The zero-order valence-corrected chi connectivity index (χ0v) is 14.8. The molecule has 2 rings (SSSR count). The average molecular weight is 346 g/mol. The third-order valence-electron chi connectivity index (χ3n) is 3.85. The van der Waals surface area contributed by atoms with Gasteiger partial charge in [0.25, 0.3) is 0 Å². The van der Waals surface area contributed by atoms with Crippen LogP contribution < -0.4 is 16.0 Å². The highest BCUT2D eigenvalue weighted by Gasteiger charge is 2.20. The molecule has 1 fully saturated rings. The summed E-state index contributed by atoms with van der Waals surface area (Å²) in [5.41, 5.74) is 1.59. The lowest BCUT2D eigenvalue weighted by Gasteiger charge is -2.16. The van der Waals surface area contributed by atoms with E-state index in [4.69, 9.17) is 0 Å². The van der Waals surface area contributed by atoms with Gasteiger partial charge >= 0.3 is 6.03 Å². The number of urea groups is 1. The van der Waals surface area contributed by atoms with Crippen molar-refractivity contribution in [2.75, 3.05) is 25.0 Å². The molecule has 1 aliphatic rings. The Morgan fingerprint density at radius 2 is 2.04 bits per heavy atom. The molecule has 0 atom stereocenters. The first kappa shape index (κ1) is 18.8. The number of nitrogens with one attached hydrogen (secondary N) is 3. The number of anilines is 1. The maximum atomic E-state index is 11.9. The number of likely N-dealkylation sites (tertiary alicyclic amines) is 1. The van der Waals surface area contributed by atoms with E-state index in [2.05, 4.69) is 16.0 Å². The minimum Gasteiger partial charge on any atom is -0.354 e. The summed E-state index contributed by atoms with van der Waals surface area (Å²) in [4.78, 5) is 37.0. The SMILES string of the molecule is CC(C)CNC(=O)CNC(=O)Nc1cccc(CN2CCCC2=O)c1. The average Bonchev–Trinajstić information content (AvgIpc) is 2.96. The Kier molecular flexibility index (Phi) is 6.80. The van der Waals surface area contributed by atoms with Gasteiger partial charge < -0.3 is 20.9 Å². The Morgan fingerprint density at radius 3 is 2.72 bits per heavy atom. The molecule has 1 saturated heterocycles. The van der Waals surface area contributed by atoms with Crippen molar-refractivity contribution in [3.8, 4) is 0 Å². The number of benzene rings is 1. The monoisotopic (exact) mass is 346 g/mol. The molecule has 4 amide bonds. The van der Waals surface area contributed by atoms with E-state index in [1.807, 2.05) is 36.9 Å². The van der Waals surface area contributed by atoms with Crippen LogP contribution in [0.1, 0.15) is 32.3 Å². The summed E-state index contributed by atoms with van der Waals surface area (Å²) < 4.78 is 0. The predicted molar refractivity (Wildman–Crippen MR) is 96.0 cm³/mol. The molecule has 0 radical (unpaired) electrons. The van der Waals surface area contributed by atoms with Gasteiger partial charge in [-0.15, -0.1) is 0 Å². The van der Waals surface area contributed by atoms with Crippen LogP contribution in [0, 0.1) is 5.92 Å². The largest absolute Gasteiger partial charge is 0.354 e. The zero-order valence-electron chi connectivity index (χ0n) is 14.8. The van der Waals surface area contributed by atoms with Crippen LogP contribution in [0.25, 0.3) is 0 Å². The van der Waals surface area contributed by atoms with Gasteiger partial charge in [-0.25, -0.2) is 4.79 Å². The first-order valence-electron chi connectivity index (χ1n) is 8.62. The number of rotatable bonds is 7. The maximum absolute atomic E-state index is 11.9. The van der Waals surface area contributed by atoms with Crippen LogP contribution in [0.5, 0.6) is 0 Å². The van der Waals surface area contributed by atoms with Crippen LogP contribution in [0.4, 0.5) is 10.5 Å². The fraction of sp³-hybridized carbons (Fsp3) is 0.500. The Morgan fingerprint density at radius 1 is 1.24 bits per heavy atom. The minimum atomic E-state index is -0.436. The van der Waals surface area contributed by atoms with Crippen LogP contribution in [0.15, 0.2) is 24.3 Å². The van der Waals surface area contributed by atoms with Gasteiger partial charge in [0.2, 0.25) is 11.8 Å². The van der Waals surface area contributed by atoms with Gasteiger partial charge in [-0.2, -0.15) is 0 Å². The number of hydrogen-bond donors (Lipinski definition) is 3. The van der Waals surface area contributed by atoms with E-state index in [9.17, 15) is 14.4 Å². The summed E-state index contributed by atoms with van der Waals surface area (Å²) in [6.07, 6.45) is 1.51. The molecule has 0 aliphatic carbocycles. The van der Waals surface area contributed by atoms with Gasteiger partial charge in [0.05, 0.1) is 6.54 Å². The Bertz CT molecular complexity index is 631. The maximum Gasteiger partial charge on any atom is 0.319 e. The summed E-state index contributed by atoms with van der Waals surface area (Å²) in [6, 6.07) is 6.93. The molecule has 3 N–H and O–H groups in total. The molecule has 7 heteroatoms. The third kappa shape index (κ3) is 6.45. The van der Waals surface area contributed by atoms with Crippen molar-refractivity contribution in [2.24, 2.45) is 5.92 Å². The molecular formula is C18H26N4O3. The van der Waals surface area contributed by atoms with E-state index in [0.29, 0.717) is 31.1 Å². The number of carbonyl (C=O) groups excluding carboxylic acids is 3. The molecule has 0 aromatic heterocycles. The second-order valence-corrected chi connectivity index (χ2v) is 6.62. The van der Waals surface area contributed by atoms with Gasteiger partial charge in [-0.3, -0.25) is 9.59 Å². The molecule has 1 aromatic rings. The van der Waals surface area contributed by atoms with Crippen LogP contribution in [0.2, 0.25) is 0 Å². The van der Waals surface area contributed by atoms with Crippen molar-refractivity contribution >= 4 is 23.5 Å². The van der Waals surface area contributed by atoms with Crippen molar-refractivity contribution in [2.45, 2.75) is 33.2 Å². The normalized spacial score (nSPS) is 13.9. The lowest BCUT2D eigenvalue weighted by atomic mass is 10.2. The zero-order chi connectivity index (χ0) is 18.2. The lowest BCUT2D eigenvalue weighted by molar-refractivity contribution is -0.128. The van der Waals surface area contributed by atoms with Gasteiger partial charge in [-0.1, -0.05) is 26.0 Å². The smallest absolute Gasteiger partial charge is 0.319 e. The molecule has 0 unspecified atom stereocenters. The van der Waals surface area contributed by atoms with Gasteiger partial charge in [0.1, 0.15) is 0 Å². The number of amides is 4. The second kappa shape index (κ2) is 9.05. The van der Waals surface area contributed by atoms with Crippen molar-refractivity contribution in [3.05, 3.63) is 29.8 Å². The van der Waals surface area contributed by atoms with Crippen molar-refractivity contribution in [1.82, 2.24) is 15.5 Å². The molecule has 1 aliphatic heterocycles. The van der Waals surface area contributed by atoms with Gasteiger partial charge in [0, 0.05) is 31.7 Å². The van der Waals surface area contributed by atoms with Crippen LogP contribution in [-0.2, 0) is 16.1 Å². The Balaban J connectivity index is 1.79. The second-order valence-electron chi connectivity index (χ2n) is 6.62. The summed E-state index contributed by atoms with van der Waals surface area (Å²) in [5.74, 6) is 0.316. The highest BCUT2D eigenvalue weighted by molar-refractivity contribution is 5.92. The van der Waals surface area contributed by atoms with E-state index < -0.39 is 6.03 Å². The van der Waals surface area contributed by atoms with Crippen molar-refractivity contribution in [3.63, 3.8) is 0 Å². The van der Waals surface area contributed by atoms with E-state index in [1.54, 1.807) is 6.07 Å². The van der Waals surface area contributed by atoms with E-state index >= 15 is 0 Å². The Hall–Kier alpha value is -2.57.